The predicted octanol–water partition coefficient (Wildman–Crippen LogP) is 3.19. The van der Waals surface area contributed by atoms with E-state index in [2.05, 4.69) is 24.1 Å². The Morgan fingerprint density at radius 2 is 1.82 bits per heavy atom. The molecule has 2 nitrogen and oxygen atoms in total. The molecule has 0 aliphatic rings. The van der Waals surface area contributed by atoms with Crippen LogP contribution >= 0.6 is 11.6 Å². The molecule has 0 aliphatic carbocycles. The van der Waals surface area contributed by atoms with Crippen LogP contribution in [-0.4, -0.2) is 37.0 Å². The summed E-state index contributed by atoms with van der Waals surface area (Å²) in [6, 6.07) is 8.34. The number of hydrogen-bond donors (Lipinski definition) is 0. The van der Waals surface area contributed by atoms with Crippen molar-refractivity contribution in [2.45, 2.75) is 26.4 Å². The second kappa shape index (κ2) is 7.57. The van der Waals surface area contributed by atoms with Crippen LogP contribution in [0.25, 0.3) is 0 Å². The van der Waals surface area contributed by atoms with E-state index >= 15 is 0 Å². The van der Waals surface area contributed by atoms with Gasteiger partial charge >= 0.3 is 0 Å². The van der Waals surface area contributed by atoms with Gasteiger partial charge in [-0.25, -0.2) is 0 Å². The minimum Gasteiger partial charge on any atom is -0.491 e. The first-order valence-corrected chi connectivity index (χ1v) is 6.65. The van der Waals surface area contributed by atoms with Gasteiger partial charge in [-0.15, -0.1) is 11.6 Å². The zero-order chi connectivity index (χ0) is 12.7. The van der Waals surface area contributed by atoms with E-state index in [0.29, 0.717) is 5.88 Å². The first kappa shape index (κ1) is 14.3. The lowest BCUT2D eigenvalue weighted by molar-refractivity contribution is 0.242. The minimum atomic E-state index is 0.232. The summed E-state index contributed by atoms with van der Waals surface area (Å²) < 4.78 is 5.61. The van der Waals surface area contributed by atoms with Crippen LogP contribution in [0.1, 0.15) is 19.4 Å². The summed E-state index contributed by atoms with van der Waals surface area (Å²) in [5.74, 6) is 1.63. The summed E-state index contributed by atoms with van der Waals surface area (Å²) in [4.78, 5) is 2.24. The Morgan fingerprint density at radius 1 is 1.18 bits per heavy atom. The Bertz CT molecular complexity index is 311. The molecule has 0 fully saturated rings. The molecule has 1 aromatic rings. The molecule has 0 aliphatic heterocycles. The minimum absolute atomic E-state index is 0.232. The van der Waals surface area contributed by atoms with Gasteiger partial charge in [-0.1, -0.05) is 12.1 Å². The number of ether oxygens (including phenoxy) is 1. The fourth-order valence-corrected chi connectivity index (χ4v) is 1.87. The van der Waals surface area contributed by atoms with Gasteiger partial charge in [0.1, 0.15) is 5.75 Å². The van der Waals surface area contributed by atoms with Crippen molar-refractivity contribution < 1.29 is 4.74 Å². The van der Waals surface area contributed by atoms with Gasteiger partial charge in [0.2, 0.25) is 0 Å². The van der Waals surface area contributed by atoms with Crippen molar-refractivity contribution in [3.8, 4) is 5.75 Å². The van der Waals surface area contributed by atoms with Gasteiger partial charge in [-0.3, -0.25) is 0 Å². The summed E-state index contributed by atoms with van der Waals surface area (Å²) >= 11 is 5.69. The van der Waals surface area contributed by atoms with E-state index in [0.717, 1.165) is 25.3 Å². The van der Waals surface area contributed by atoms with Crippen LogP contribution in [-0.2, 0) is 6.42 Å². The van der Waals surface area contributed by atoms with Gasteiger partial charge in [0, 0.05) is 19.0 Å². The predicted molar refractivity (Wildman–Crippen MR) is 74.1 cm³/mol. The fraction of sp³-hybridized carbons (Fsp3) is 0.571. The molecule has 0 saturated carbocycles. The highest BCUT2D eigenvalue weighted by Gasteiger charge is 2.00. The zero-order valence-electron chi connectivity index (χ0n) is 10.9. The Balaban J connectivity index is 2.40. The van der Waals surface area contributed by atoms with Crippen molar-refractivity contribution in [1.29, 1.82) is 0 Å². The van der Waals surface area contributed by atoms with Gasteiger partial charge in [0.05, 0.1) is 6.10 Å². The summed E-state index contributed by atoms with van der Waals surface area (Å²) in [6.45, 7) is 6.05. The quantitative estimate of drug-likeness (QED) is 0.694. The van der Waals surface area contributed by atoms with E-state index < -0.39 is 0 Å². The third-order valence-corrected chi connectivity index (χ3v) is 2.71. The number of halogens is 1. The molecule has 0 atom stereocenters. The maximum absolute atomic E-state index is 5.69. The molecule has 0 unspecified atom stereocenters. The third-order valence-electron chi connectivity index (χ3n) is 2.54. The lowest BCUT2D eigenvalue weighted by Gasteiger charge is -2.15. The highest BCUT2D eigenvalue weighted by Crippen LogP contribution is 2.14. The number of rotatable bonds is 7. The average Bonchev–Trinajstić information content (AvgIpc) is 2.28. The van der Waals surface area contributed by atoms with Gasteiger partial charge in [0.15, 0.2) is 0 Å². The smallest absolute Gasteiger partial charge is 0.119 e. The summed E-state index contributed by atoms with van der Waals surface area (Å²) in [6.07, 6.45) is 1.28. The first-order chi connectivity index (χ1) is 8.11. The van der Waals surface area contributed by atoms with E-state index in [-0.39, 0.29) is 6.10 Å². The molecular formula is C14H22ClNO. The highest BCUT2D eigenvalue weighted by molar-refractivity contribution is 6.18. The normalized spacial score (nSPS) is 11.2. The molecular weight excluding hydrogens is 234 g/mol. The lowest BCUT2D eigenvalue weighted by atomic mass is 10.1. The van der Waals surface area contributed by atoms with Crippen molar-refractivity contribution in [3.63, 3.8) is 0 Å². The van der Waals surface area contributed by atoms with Crippen LogP contribution in [0.5, 0.6) is 5.75 Å². The standard InChI is InChI=1S/C14H22ClNO/c1-12(2)17-14-6-4-13(5-7-14)8-10-16(3)11-9-15/h4-7,12H,8-11H2,1-3H3. The van der Waals surface area contributed by atoms with Crippen LogP contribution in [0.2, 0.25) is 0 Å². The molecule has 0 amide bonds. The van der Waals surface area contributed by atoms with Crippen molar-refractivity contribution in [1.82, 2.24) is 4.90 Å². The Kier molecular flexibility index (Phi) is 6.38. The molecule has 0 spiro atoms. The molecule has 0 heterocycles. The lowest BCUT2D eigenvalue weighted by Crippen LogP contribution is -2.23. The molecule has 0 saturated heterocycles. The van der Waals surface area contributed by atoms with Crippen molar-refractivity contribution >= 4 is 11.6 Å². The van der Waals surface area contributed by atoms with Gasteiger partial charge in [-0.2, -0.15) is 0 Å². The Hall–Kier alpha value is -0.730. The second-order valence-corrected chi connectivity index (χ2v) is 4.93. The van der Waals surface area contributed by atoms with Crippen molar-refractivity contribution in [2.24, 2.45) is 0 Å². The molecule has 0 bridgehead atoms. The molecule has 3 heteroatoms. The van der Waals surface area contributed by atoms with E-state index in [4.69, 9.17) is 16.3 Å². The molecule has 0 N–H and O–H groups in total. The van der Waals surface area contributed by atoms with Crippen molar-refractivity contribution in [2.75, 3.05) is 26.0 Å². The topological polar surface area (TPSA) is 12.5 Å². The Labute approximate surface area is 110 Å². The van der Waals surface area contributed by atoms with Crippen LogP contribution in [0.4, 0.5) is 0 Å². The van der Waals surface area contributed by atoms with Gasteiger partial charge in [0.25, 0.3) is 0 Å². The van der Waals surface area contributed by atoms with E-state index in [1.807, 2.05) is 26.0 Å². The van der Waals surface area contributed by atoms with Crippen LogP contribution < -0.4 is 4.74 Å². The number of hydrogen-bond acceptors (Lipinski definition) is 2. The fourth-order valence-electron chi connectivity index (χ4n) is 1.58. The van der Waals surface area contributed by atoms with Crippen molar-refractivity contribution in [3.05, 3.63) is 29.8 Å². The molecule has 1 aromatic carbocycles. The highest BCUT2D eigenvalue weighted by atomic mass is 35.5. The zero-order valence-corrected chi connectivity index (χ0v) is 11.7. The number of alkyl halides is 1. The third kappa shape index (κ3) is 5.94. The van der Waals surface area contributed by atoms with Crippen LogP contribution in [0.3, 0.4) is 0 Å². The largest absolute Gasteiger partial charge is 0.491 e. The molecule has 0 radical (unpaired) electrons. The van der Waals surface area contributed by atoms with Gasteiger partial charge < -0.3 is 9.64 Å². The first-order valence-electron chi connectivity index (χ1n) is 6.12. The molecule has 17 heavy (non-hydrogen) atoms. The van der Waals surface area contributed by atoms with E-state index in [1.165, 1.54) is 5.56 Å². The molecule has 0 aromatic heterocycles. The van der Waals surface area contributed by atoms with Crippen LogP contribution in [0.15, 0.2) is 24.3 Å². The Morgan fingerprint density at radius 3 is 2.35 bits per heavy atom. The maximum atomic E-state index is 5.69. The SMILES string of the molecule is CC(C)Oc1ccc(CCN(C)CCCl)cc1. The number of nitrogens with zero attached hydrogens (tertiary/aromatic N) is 1. The number of benzene rings is 1. The van der Waals surface area contributed by atoms with Crippen LogP contribution in [0, 0.1) is 0 Å². The molecule has 96 valence electrons. The monoisotopic (exact) mass is 255 g/mol. The summed E-state index contributed by atoms with van der Waals surface area (Å²) in [5, 5.41) is 0. The van der Waals surface area contributed by atoms with Gasteiger partial charge in [-0.05, 0) is 45.0 Å². The van der Waals surface area contributed by atoms with E-state index in [1.54, 1.807) is 0 Å². The summed E-state index contributed by atoms with van der Waals surface area (Å²) in [5.41, 5.74) is 1.34. The second-order valence-electron chi connectivity index (χ2n) is 4.55. The maximum Gasteiger partial charge on any atom is 0.119 e. The number of likely N-dealkylation sites (N-methyl/N-ethyl adjacent to an activating group) is 1. The average molecular weight is 256 g/mol. The summed E-state index contributed by atoms with van der Waals surface area (Å²) in [7, 11) is 2.10. The molecule has 1 rings (SSSR count). The van der Waals surface area contributed by atoms with E-state index in [9.17, 15) is 0 Å².